The number of aromatic nitrogens is 2. The summed E-state index contributed by atoms with van der Waals surface area (Å²) in [4.78, 5) is 33.3. The van der Waals surface area contributed by atoms with E-state index in [1.807, 2.05) is 0 Å². The molecule has 4 rings (SSSR count). The van der Waals surface area contributed by atoms with E-state index >= 15 is 0 Å². The number of anilines is 1. The van der Waals surface area contributed by atoms with E-state index in [2.05, 4.69) is 20.3 Å². The topological polar surface area (TPSA) is 191 Å². The number of aliphatic carboxylic acids is 1. The van der Waals surface area contributed by atoms with Gasteiger partial charge in [0.2, 0.25) is 0 Å². The molecule has 0 bridgehead atoms. The first-order valence-corrected chi connectivity index (χ1v) is 11.0. The van der Waals surface area contributed by atoms with Gasteiger partial charge in [0.05, 0.1) is 6.20 Å². The van der Waals surface area contributed by atoms with E-state index in [0.29, 0.717) is 11.3 Å². The number of carboxylic acids is 1. The zero-order chi connectivity index (χ0) is 23.0. The molecule has 16 heteroatoms. The molecule has 1 amide bonds. The minimum atomic E-state index is -1.30. The second kappa shape index (κ2) is 10.3. The van der Waals surface area contributed by atoms with Gasteiger partial charge in [0.25, 0.3) is 5.91 Å². The van der Waals surface area contributed by atoms with Crippen LogP contribution in [0.1, 0.15) is 11.5 Å². The van der Waals surface area contributed by atoms with Crippen molar-refractivity contribution in [2.75, 3.05) is 11.5 Å². The van der Waals surface area contributed by atoms with E-state index in [0.717, 1.165) is 16.2 Å². The van der Waals surface area contributed by atoms with Gasteiger partial charge < -0.3 is 25.7 Å². The monoisotopic (exact) mass is 518 g/mol. The third-order valence-corrected chi connectivity index (χ3v) is 6.84. The van der Waals surface area contributed by atoms with E-state index in [4.69, 9.17) is 21.9 Å². The zero-order valence-corrected chi connectivity index (χ0v) is 21.1. The summed E-state index contributed by atoms with van der Waals surface area (Å²) in [6.07, 6.45) is 4.51. The van der Waals surface area contributed by atoms with Crippen molar-refractivity contribution < 1.29 is 59.1 Å². The number of carboxylic acid groups (broad SMARTS) is 1. The maximum Gasteiger partial charge on any atom is 1.00 e. The number of nitrogen functional groups attached to an aromatic ring is 1. The maximum absolute atomic E-state index is 12.7. The van der Waals surface area contributed by atoms with Gasteiger partial charge in [-0.3, -0.25) is 14.7 Å². The summed E-state index contributed by atoms with van der Waals surface area (Å²) in [5, 5.41) is 37.2. The van der Waals surface area contributed by atoms with Gasteiger partial charge in [-0.1, -0.05) is 39.3 Å². The third kappa shape index (κ3) is 4.81. The standard InChI is InChI=1S/C17H13ClN6O6S2.Na/c18-12-8(22-17(19)32-12)9(23-29)13(25)21-10-14(26)24-11(16(27)28)6(5-31-15(10)24)1-2-7-3-4-20-30-7;/h1-4,10,15,29H,5H2,(H2,19,22)(H,21,25)(H,27,28);/q;+1/p-1/b2-1+,23-9-;/t10-,15-;/m1./s1. The molecule has 4 heterocycles. The number of carbonyl (C=O) groups excluding carboxylic acids is 1. The number of nitrogens with two attached hydrogens (primary N) is 1. The number of aliphatic imine (C=N–C) groups is 1. The number of fused-ring (bicyclic) bond motifs is 1. The molecule has 0 spiro atoms. The normalized spacial score (nSPS) is 21.1. The maximum atomic E-state index is 12.7. The number of amides is 1. The van der Waals surface area contributed by atoms with Gasteiger partial charge in [-0.15, -0.1) is 11.8 Å². The van der Waals surface area contributed by atoms with Crippen molar-refractivity contribution in [2.45, 2.75) is 11.4 Å². The second-order valence-electron chi connectivity index (χ2n) is 6.34. The fourth-order valence-corrected chi connectivity index (χ4v) is 5.30. The molecule has 0 aliphatic carbocycles. The Morgan fingerprint density at radius 3 is 2.79 bits per heavy atom. The van der Waals surface area contributed by atoms with Crippen LogP contribution >= 0.6 is 34.7 Å². The summed E-state index contributed by atoms with van der Waals surface area (Å²) in [5.74, 6) is -2.35. The molecule has 0 aromatic carbocycles. The quantitative estimate of drug-likeness (QED) is 0.0930. The summed E-state index contributed by atoms with van der Waals surface area (Å²) >= 11 is 8.05. The van der Waals surface area contributed by atoms with E-state index in [1.54, 1.807) is 6.07 Å². The van der Waals surface area contributed by atoms with Crippen molar-refractivity contribution in [1.29, 1.82) is 0 Å². The van der Waals surface area contributed by atoms with Gasteiger partial charge in [-0.25, -0.2) is 9.78 Å². The van der Waals surface area contributed by atoms with Gasteiger partial charge in [-0.2, -0.15) is 0 Å². The molecular weight excluding hydrogens is 507 g/mol. The average Bonchev–Trinajstić information content (AvgIpc) is 3.39. The number of allylic oxidation sites excluding steroid dienone is 1. The van der Waals surface area contributed by atoms with E-state index in [-0.39, 0.29) is 56.2 Å². The third-order valence-electron chi connectivity index (χ3n) is 4.46. The Hall–Kier alpha value is -2.36. The Balaban J connectivity index is 0.00000306. The first kappa shape index (κ1) is 25.3. The van der Waals surface area contributed by atoms with E-state index in [9.17, 15) is 25.0 Å². The molecule has 2 aliphatic rings. The number of nitrogens with zero attached hydrogens (tertiary/aromatic N) is 5. The molecule has 166 valence electrons. The number of oxime groups is 1. The number of thioether (sulfide) groups is 1. The number of thiazole rings is 1. The van der Waals surface area contributed by atoms with Gasteiger partial charge in [-0.05, 0) is 11.6 Å². The van der Waals surface area contributed by atoms with Crippen LogP contribution in [0.25, 0.3) is 6.08 Å². The van der Waals surface area contributed by atoms with Gasteiger partial charge >= 0.3 is 35.5 Å². The molecule has 12 nitrogen and oxygen atoms in total. The van der Waals surface area contributed by atoms with Crippen molar-refractivity contribution in [1.82, 2.24) is 15.0 Å². The first-order chi connectivity index (χ1) is 15.3. The Morgan fingerprint density at radius 1 is 1.45 bits per heavy atom. The molecule has 2 atom stereocenters. The number of hydrogen-bond acceptors (Lipinski definition) is 12. The Kier molecular flexibility index (Phi) is 7.87. The van der Waals surface area contributed by atoms with Gasteiger partial charge in [0.15, 0.2) is 16.9 Å². The molecule has 0 unspecified atom stereocenters. The van der Waals surface area contributed by atoms with E-state index in [1.165, 1.54) is 30.1 Å². The van der Waals surface area contributed by atoms with Crippen LogP contribution in [0.4, 0.5) is 5.13 Å². The van der Waals surface area contributed by atoms with Crippen LogP contribution in [-0.2, 0) is 9.59 Å². The van der Waals surface area contributed by atoms with Crippen molar-refractivity contribution in [2.24, 2.45) is 10.1 Å². The summed E-state index contributed by atoms with van der Waals surface area (Å²) in [5.41, 5.74) is 4.99. The smallest absolute Gasteiger partial charge is 0.857 e. The second-order valence-corrected chi connectivity index (χ2v) is 9.08. The molecule has 1 saturated heterocycles. The minimum absolute atomic E-state index is 0. The predicted octanol–water partition coefficient (Wildman–Crippen LogP) is -2.36. The predicted molar refractivity (Wildman–Crippen MR) is 114 cm³/mol. The van der Waals surface area contributed by atoms with Gasteiger partial charge in [0.1, 0.15) is 26.8 Å². The summed E-state index contributed by atoms with van der Waals surface area (Å²) in [6.45, 7) is 0. The van der Waals surface area contributed by atoms with Crippen LogP contribution < -0.4 is 40.4 Å². The molecule has 1 fully saturated rings. The summed E-state index contributed by atoms with van der Waals surface area (Å²) in [7, 11) is 0. The van der Waals surface area contributed by atoms with Gasteiger partial charge in [0, 0.05) is 17.7 Å². The average molecular weight is 519 g/mol. The summed E-state index contributed by atoms with van der Waals surface area (Å²) in [6, 6.07) is 0.432. The SMILES string of the molecule is Nc1nc(/C(=N/O)C([O-])=N[C@@H]2C(=O)N3C(C(=O)O)=C(/C=C/c4ccno4)CS[C@H]23)c(Cl)s1.[Na+]. The Bertz CT molecular complexity index is 1210. The van der Waals surface area contributed by atoms with Crippen LogP contribution in [0.2, 0.25) is 4.34 Å². The number of β-lactam (4-membered cyclic amide) rings is 1. The largest absolute Gasteiger partial charge is 1.00 e. The van der Waals surface area contributed by atoms with Crippen LogP contribution in [0.15, 0.2) is 44.3 Å². The van der Waals surface area contributed by atoms with E-state index < -0.39 is 34.9 Å². The molecule has 0 saturated carbocycles. The number of hydrogen-bond donors (Lipinski definition) is 3. The number of rotatable bonds is 6. The van der Waals surface area contributed by atoms with Crippen LogP contribution in [0, 0.1) is 0 Å². The molecule has 33 heavy (non-hydrogen) atoms. The molecule has 2 aromatic heterocycles. The Labute approximate surface area is 220 Å². The minimum Gasteiger partial charge on any atom is -0.857 e. The molecule has 4 N–H and O–H groups in total. The summed E-state index contributed by atoms with van der Waals surface area (Å²) < 4.78 is 4.96. The zero-order valence-electron chi connectivity index (χ0n) is 16.7. The van der Waals surface area contributed by atoms with Crippen molar-refractivity contribution in [3.8, 4) is 0 Å². The molecular formula is C17H12ClN6NaO6S2. The Morgan fingerprint density at radius 2 is 2.21 bits per heavy atom. The van der Waals surface area contributed by atoms with Crippen LogP contribution in [-0.4, -0.2) is 66.0 Å². The fourth-order valence-electron chi connectivity index (χ4n) is 3.07. The molecule has 2 aromatic rings. The molecule has 2 aliphatic heterocycles. The van der Waals surface area contributed by atoms with Crippen LogP contribution in [0.3, 0.4) is 0 Å². The van der Waals surface area contributed by atoms with Crippen molar-refractivity contribution >= 4 is 69.4 Å². The number of carbonyl (C=O) groups is 2. The molecule has 0 radical (unpaired) electrons. The van der Waals surface area contributed by atoms with Crippen molar-refractivity contribution in [3.05, 3.63) is 45.4 Å². The first-order valence-electron chi connectivity index (χ1n) is 8.71. The fraction of sp³-hybridized carbons (Fsp3) is 0.176. The van der Waals surface area contributed by atoms with Crippen LogP contribution in [0.5, 0.6) is 0 Å². The van der Waals surface area contributed by atoms with Crippen molar-refractivity contribution in [3.63, 3.8) is 0 Å². The number of halogens is 1.